The van der Waals surface area contributed by atoms with E-state index in [1.54, 1.807) is 6.07 Å². The predicted octanol–water partition coefficient (Wildman–Crippen LogP) is 4.06. The molecule has 1 aromatic carbocycles. The maximum absolute atomic E-state index is 12.9. The third-order valence-corrected chi connectivity index (χ3v) is 5.94. The second-order valence-electron chi connectivity index (χ2n) is 8.03. The molecule has 3 heterocycles. The molecule has 2 aromatic heterocycles. The highest BCUT2D eigenvalue weighted by molar-refractivity contribution is 6.30. The fraction of sp³-hybridized carbons (Fsp3) is 0.333. The number of carbonyl (C=O) groups excluding carboxylic acids is 1. The van der Waals surface area contributed by atoms with Crippen LogP contribution in [-0.4, -0.2) is 41.7 Å². The van der Waals surface area contributed by atoms with E-state index in [1.165, 1.54) is 0 Å². The van der Waals surface area contributed by atoms with Gasteiger partial charge in [0.15, 0.2) is 0 Å². The lowest BCUT2D eigenvalue weighted by molar-refractivity contribution is 0.0903. The second kappa shape index (κ2) is 10.2. The number of rotatable bonds is 7. The third-order valence-electron chi connectivity index (χ3n) is 5.71. The molecule has 0 saturated carbocycles. The number of nitrogens with two attached hydrogens (primary N) is 1. The van der Waals surface area contributed by atoms with E-state index in [0.29, 0.717) is 16.8 Å². The summed E-state index contributed by atoms with van der Waals surface area (Å²) in [6.07, 6.45) is 5.63. The molecule has 32 heavy (non-hydrogen) atoms. The first-order valence-electron chi connectivity index (χ1n) is 10.8. The van der Waals surface area contributed by atoms with E-state index in [2.05, 4.69) is 20.6 Å². The molecule has 5 N–H and O–H groups in total. The molecule has 3 aromatic rings. The van der Waals surface area contributed by atoms with Crippen LogP contribution in [0.25, 0.3) is 11.1 Å². The van der Waals surface area contributed by atoms with Crippen molar-refractivity contribution in [3.05, 3.63) is 70.6 Å². The van der Waals surface area contributed by atoms with Crippen molar-refractivity contribution in [1.82, 2.24) is 15.3 Å². The zero-order valence-electron chi connectivity index (χ0n) is 18.0. The highest BCUT2D eigenvalue weighted by Crippen LogP contribution is 2.27. The zero-order valence-corrected chi connectivity index (χ0v) is 18.8. The minimum Gasteiger partial charge on any atom is -0.381 e. The highest BCUT2D eigenvalue weighted by atomic mass is 35.5. The second-order valence-corrected chi connectivity index (χ2v) is 8.47. The van der Waals surface area contributed by atoms with Gasteiger partial charge in [-0.05, 0) is 60.7 Å². The van der Waals surface area contributed by atoms with Gasteiger partial charge in [-0.1, -0.05) is 23.7 Å². The SMILES string of the molecule is Cc1cnc(NC2CCOCC2)cc1-c1c[nH]c(C(=O)NC(CN)c2cccc(Cl)c2)c1. The van der Waals surface area contributed by atoms with Gasteiger partial charge < -0.3 is 26.1 Å². The Morgan fingerprint density at radius 3 is 2.88 bits per heavy atom. The van der Waals surface area contributed by atoms with Gasteiger partial charge in [0.05, 0.1) is 6.04 Å². The van der Waals surface area contributed by atoms with Crippen LogP contribution >= 0.6 is 11.6 Å². The standard InChI is InChI=1S/C24H28ClN5O2/c1-15-13-28-23(29-19-5-7-32-8-6-19)11-20(15)17-10-21(27-14-17)24(31)30-22(12-26)16-3-2-4-18(25)9-16/h2-4,9-11,13-14,19,22,27H,5-8,12,26H2,1H3,(H,28,29)(H,30,31). The maximum Gasteiger partial charge on any atom is 0.268 e. The van der Waals surface area contributed by atoms with Gasteiger partial charge in [0.1, 0.15) is 11.5 Å². The van der Waals surface area contributed by atoms with Crippen LogP contribution in [0.4, 0.5) is 5.82 Å². The first-order valence-corrected chi connectivity index (χ1v) is 11.2. The number of anilines is 1. The van der Waals surface area contributed by atoms with Gasteiger partial charge in [0.2, 0.25) is 0 Å². The van der Waals surface area contributed by atoms with Gasteiger partial charge in [0, 0.05) is 48.8 Å². The van der Waals surface area contributed by atoms with Crippen LogP contribution in [0.5, 0.6) is 0 Å². The Kier molecular flexibility index (Phi) is 7.09. The average molecular weight is 454 g/mol. The van der Waals surface area contributed by atoms with Crippen LogP contribution < -0.4 is 16.4 Å². The van der Waals surface area contributed by atoms with Crippen molar-refractivity contribution in [2.24, 2.45) is 5.73 Å². The Hall–Kier alpha value is -2.87. The van der Waals surface area contributed by atoms with Crippen molar-refractivity contribution >= 4 is 23.3 Å². The average Bonchev–Trinajstić information content (AvgIpc) is 3.29. The van der Waals surface area contributed by atoms with Gasteiger partial charge in [-0.25, -0.2) is 4.98 Å². The normalized spacial score (nSPS) is 15.3. The van der Waals surface area contributed by atoms with Gasteiger partial charge in [-0.15, -0.1) is 0 Å². The Balaban J connectivity index is 1.49. The molecular weight excluding hydrogens is 426 g/mol. The van der Waals surface area contributed by atoms with E-state index in [0.717, 1.165) is 54.1 Å². The summed E-state index contributed by atoms with van der Waals surface area (Å²) in [4.78, 5) is 20.5. The number of aromatic nitrogens is 2. The molecule has 0 spiro atoms. The Bertz CT molecular complexity index is 1080. The number of benzene rings is 1. The molecule has 0 radical (unpaired) electrons. The summed E-state index contributed by atoms with van der Waals surface area (Å²) in [5, 5.41) is 7.09. The summed E-state index contributed by atoms with van der Waals surface area (Å²) in [6.45, 7) is 3.82. The minimum absolute atomic E-state index is 0.223. The van der Waals surface area contributed by atoms with Crippen molar-refractivity contribution in [3.8, 4) is 11.1 Å². The molecule has 7 nitrogen and oxygen atoms in total. The van der Waals surface area contributed by atoms with E-state index in [4.69, 9.17) is 22.1 Å². The molecular formula is C24H28ClN5O2. The molecule has 1 fully saturated rings. The van der Waals surface area contributed by atoms with Gasteiger partial charge >= 0.3 is 0 Å². The van der Waals surface area contributed by atoms with Crippen LogP contribution in [0.3, 0.4) is 0 Å². The zero-order chi connectivity index (χ0) is 22.5. The molecule has 0 bridgehead atoms. The Morgan fingerprint density at radius 2 is 2.12 bits per heavy atom. The summed E-state index contributed by atoms with van der Waals surface area (Å²) in [7, 11) is 0. The lowest BCUT2D eigenvalue weighted by atomic mass is 10.0. The summed E-state index contributed by atoms with van der Waals surface area (Å²) >= 11 is 6.08. The van der Waals surface area contributed by atoms with E-state index in [1.807, 2.05) is 49.6 Å². The number of nitrogens with one attached hydrogen (secondary N) is 3. The van der Waals surface area contributed by atoms with Crippen molar-refractivity contribution in [3.63, 3.8) is 0 Å². The van der Waals surface area contributed by atoms with E-state index < -0.39 is 0 Å². The van der Waals surface area contributed by atoms with E-state index in [9.17, 15) is 4.79 Å². The van der Waals surface area contributed by atoms with Gasteiger partial charge in [-0.2, -0.15) is 0 Å². The van der Waals surface area contributed by atoms with Crippen LogP contribution in [-0.2, 0) is 4.74 Å². The fourth-order valence-corrected chi connectivity index (χ4v) is 4.08. The molecule has 1 aliphatic rings. The van der Waals surface area contributed by atoms with Crippen molar-refractivity contribution < 1.29 is 9.53 Å². The monoisotopic (exact) mass is 453 g/mol. The number of ether oxygens (including phenoxy) is 1. The van der Waals surface area contributed by atoms with E-state index >= 15 is 0 Å². The van der Waals surface area contributed by atoms with Crippen LogP contribution in [0.1, 0.15) is 40.5 Å². The first kappa shape index (κ1) is 22.3. The molecule has 1 saturated heterocycles. The first-order chi connectivity index (χ1) is 15.5. The van der Waals surface area contributed by atoms with Crippen molar-refractivity contribution in [2.75, 3.05) is 25.1 Å². The van der Waals surface area contributed by atoms with Crippen molar-refractivity contribution in [2.45, 2.75) is 31.8 Å². The minimum atomic E-state index is -0.328. The Labute approximate surface area is 192 Å². The largest absolute Gasteiger partial charge is 0.381 e. The number of H-pyrrole nitrogens is 1. The molecule has 4 rings (SSSR count). The number of aryl methyl sites for hydroxylation is 1. The fourth-order valence-electron chi connectivity index (χ4n) is 3.88. The Morgan fingerprint density at radius 1 is 1.31 bits per heavy atom. The molecule has 1 aliphatic heterocycles. The van der Waals surface area contributed by atoms with Crippen LogP contribution in [0.15, 0.2) is 48.8 Å². The lowest BCUT2D eigenvalue weighted by Crippen LogP contribution is -2.33. The van der Waals surface area contributed by atoms with Crippen LogP contribution in [0.2, 0.25) is 5.02 Å². The molecule has 1 atom stereocenters. The van der Waals surface area contributed by atoms with Gasteiger partial charge in [0.25, 0.3) is 5.91 Å². The topological polar surface area (TPSA) is 105 Å². The summed E-state index contributed by atoms with van der Waals surface area (Å²) in [5.74, 6) is 0.604. The van der Waals surface area contributed by atoms with Gasteiger partial charge in [-0.3, -0.25) is 4.79 Å². The summed E-state index contributed by atoms with van der Waals surface area (Å²) in [6, 6.07) is 11.3. The number of carbonyl (C=O) groups is 1. The summed E-state index contributed by atoms with van der Waals surface area (Å²) < 4.78 is 5.43. The molecule has 8 heteroatoms. The smallest absolute Gasteiger partial charge is 0.268 e. The molecule has 1 amide bonds. The van der Waals surface area contributed by atoms with E-state index in [-0.39, 0.29) is 18.5 Å². The number of hydrogen-bond acceptors (Lipinski definition) is 5. The maximum atomic E-state index is 12.9. The number of aromatic amines is 1. The number of pyridine rings is 1. The number of nitrogens with zero attached hydrogens (tertiary/aromatic N) is 1. The molecule has 0 aliphatic carbocycles. The predicted molar refractivity (Wildman–Crippen MR) is 127 cm³/mol. The summed E-state index contributed by atoms with van der Waals surface area (Å²) in [5.41, 5.74) is 10.2. The molecule has 1 unspecified atom stereocenters. The number of halogens is 1. The quantitative estimate of drug-likeness (QED) is 0.431. The number of amides is 1. The highest BCUT2D eigenvalue weighted by Gasteiger charge is 2.18. The molecule has 168 valence electrons. The number of hydrogen-bond donors (Lipinski definition) is 4. The lowest BCUT2D eigenvalue weighted by Gasteiger charge is -2.24. The van der Waals surface area contributed by atoms with Crippen molar-refractivity contribution in [1.29, 1.82) is 0 Å². The van der Waals surface area contributed by atoms with Crippen LogP contribution in [0, 0.1) is 6.92 Å². The third kappa shape index (κ3) is 5.30.